The molecule has 1 aromatic carbocycles. The van der Waals surface area contributed by atoms with E-state index in [9.17, 15) is 9.90 Å². The number of carboxylic acid groups (broad SMARTS) is 1. The van der Waals surface area contributed by atoms with Crippen LogP contribution in [-0.4, -0.2) is 28.4 Å². The van der Waals surface area contributed by atoms with E-state index in [1.807, 2.05) is 0 Å². The Morgan fingerprint density at radius 2 is 2.13 bits per heavy atom. The molecular weight excluding hydrogens is 220 g/mol. The minimum absolute atomic E-state index is 0.348. The number of hydrogen-bond acceptors (Lipinski definition) is 3. The van der Waals surface area contributed by atoms with E-state index in [2.05, 4.69) is 0 Å². The van der Waals surface area contributed by atoms with Crippen molar-refractivity contribution in [2.45, 2.75) is 12.5 Å². The van der Waals surface area contributed by atoms with Gasteiger partial charge >= 0.3 is 5.97 Å². The zero-order valence-corrected chi connectivity index (χ0v) is 8.86. The highest BCUT2D eigenvalue weighted by Gasteiger charge is 2.31. The third-order valence-corrected chi connectivity index (χ3v) is 2.12. The summed E-state index contributed by atoms with van der Waals surface area (Å²) in [6.45, 7) is 0.804. The third kappa shape index (κ3) is 3.11. The van der Waals surface area contributed by atoms with Gasteiger partial charge in [-0.3, -0.25) is 0 Å². The molecule has 0 amide bonds. The topological polar surface area (TPSA) is 66.8 Å². The van der Waals surface area contributed by atoms with Crippen LogP contribution in [-0.2, 0) is 4.79 Å². The number of aliphatic hydroxyl groups is 1. The van der Waals surface area contributed by atoms with Gasteiger partial charge in [-0.2, -0.15) is 0 Å². The molecule has 4 nitrogen and oxygen atoms in total. The first-order valence-electron chi connectivity index (χ1n) is 4.26. The smallest absolute Gasteiger partial charge is 0.339 e. The van der Waals surface area contributed by atoms with Gasteiger partial charge in [-0.15, -0.1) is 0 Å². The first-order valence-corrected chi connectivity index (χ1v) is 4.64. The van der Waals surface area contributed by atoms with Gasteiger partial charge in [0.15, 0.2) is 5.60 Å². The van der Waals surface area contributed by atoms with Gasteiger partial charge in [0.2, 0.25) is 0 Å². The van der Waals surface area contributed by atoms with Crippen molar-refractivity contribution >= 4 is 17.6 Å². The Balaban J connectivity index is 2.66. The Morgan fingerprint density at radius 1 is 1.53 bits per heavy atom. The Bertz CT molecular complexity index is 362. The molecule has 0 saturated heterocycles. The second kappa shape index (κ2) is 4.51. The lowest BCUT2D eigenvalue weighted by molar-refractivity contribution is -0.159. The van der Waals surface area contributed by atoms with Gasteiger partial charge in [-0.05, 0) is 19.1 Å². The SMILES string of the molecule is CC(O)(COc1ccccc1Cl)C(=O)O. The molecule has 0 spiro atoms. The predicted molar refractivity (Wildman–Crippen MR) is 55.2 cm³/mol. The number of halogens is 1. The van der Waals surface area contributed by atoms with Crippen molar-refractivity contribution in [1.29, 1.82) is 0 Å². The normalized spacial score (nSPS) is 14.3. The number of para-hydroxylation sites is 1. The van der Waals surface area contributed by atoms with Crippen molar-refractivity contribution in [3.63, 3.8) is 0 Å². The minimum Gasteiger partial charge on any atom is -0.488 e. The molecule has 1 rings (SSSR count). The van der Waals surface area contributed by atoms with E-state index in [4.69, 9.17) is 21.4 Å². The summed E-state index contributed by atoms with van der Waals surface area (Å²) in [5.41, 5.74) is -1.92. The molecule has 0 aliphatic carbocycles. The molecular formula is C10H11ClO4. The fourth-order valence-electron chi connectivity index (χ4n) is 0.842. The summed E-state index contributed by atoms with van der Waals surface area (Å²) >= 11 is 5.78. The minimum atomic E-state index is -1.92. The molecule has 5 heteroatoms. The molecule has 0 heterocycles. The quantitative estimate of drug-likeness (QED) is 0.824. The van der Waals surface area contributed by atoms with Gasteiger partial charge < -0.3 is 14.9 Å². The summed E-state index contributed by atoms with van der Waals surface area (Å²) in [5, 5.41) is 18.4. The Morgan fingerprint density at radius 3 is 2.67 bits per heavy atom. The van der Waals surface area contributed by atoms with Gasteiger partial charge in [-0.1, -0.05) is 23.7 Å². The van der Waals surface area contributed by atoms with Crippen LogP contribution in [0.15, 0.2) is 24.3 Å². The number of benzene rings is 1. The van der Waals surface area contributed by atoms with Gasteiger partial charge in [0.25, 0.3) is 0 Å². The van der Waals surface area contributed by atoms with E-state index in [-0.39, 0.29) is 6.61 Å². The Hall–Kier alpha value is -1.26. The van der Waals surface area contributed by atoms with Crippen LogP contribution in [0.2, 0.25) is 5.02 Å². The van der Waals surface area contributed by atoms with E-state index in [1.54, 1.807) is 24.3 Å². The van der Waals surface area contributed by atoms with E-state index in [1.165, 1.54) is 0 Å². The van der Waals surface area contributed by atoms with Crippen molar-refractivity contribution in [2.24, 2.45) is 0 Å². The van der Waals surface area contributed by atoms with Gasteiger partial charge in [0.05, 0.1) is 5.02 Å². The molecule has 2 N–H and O–H groups in total. The standard InChI is InChI=1S/C10H11ClO4/c1-10(14,9(12)13)6-15-8-5-3-2-4-7(8)11/h2-5,14H,6H2,1H3,(H,12,13). The highest BCUT2D eigenvalue weighted by Crippen LogP contribution is 2.23. The van der Waals surface area contributed by atoms with Crippen molar-refractivity contribution in [3.05, 3.63) is 29.3 Å². The fourth-order valence-corrected chi connectivity index (χ4v) is 1.03. The molecule has 0 radical (unpaired) electrons. The Labute approximate surface area is 92.1 Å². The van der Waals surface area contributed by atoms with Crippen molar-refractivity contribution < 1.29 is 19.7 Å². The first kappa shape index (κ1) is 11.8. The van der Waals surface area contributed by atoms with E-state index in [0.717, 1.165) is 6.92 Å². The van der Waals surface area contributed by atoms with Crippen LogP contribution in [0.5, 0.6) is 5.75 Å². The van der Waals surface area contributed by atoms with Crippen LogP contribution in [0, 0.1) is 0 Å². The number of carbonyl (C=O) groups is 1. The summed E-state index contributed by atoms with van der Waals surface area (Å²) in [6.07, 6.45) is 0. The zero-order chi connectivity index (χ0) is 11.5. The average Bonchev–Trinajstić information content (AvgIpc) is 2.16. The number of aliphatic carboxylic acids is 1. The largest absolute Gasteiger partial charge is 0.488 e. The summed E-state index contributed by atoms with van der Waals surface area (Å²) in [6, 6.07) is 6.65. The highest BCUT2D eigenvalue weighted by molar-refractivity contribution is 6.32. The van der Waals surface area contributed by atoms with Crippen LogP contribution in [0.1, 0.15) is 6.92 Å². The zero-order valence-electron chi connectivity index (χ0n) is 8.11. The average molecular weight is 231 g/mol. The molecule has 1 atom stereocenters. The maximum absolute atomic E-state index is 10.6. The van der Waals surface area contributed by atoms with Crippen molar-refractivity contribution in [1.82, 2.24) is 0 Å². The van der Waals surface area contributed by atoms with Crippen LogP contribution in [0.4, 0.5) is 0 Å². The summed E-state index contributed by atoms with van der Waals surface area (Å²) < 4.78 is 5.10. The molecule has 0 aliphatic heterocycles. The van der Waals surface area contributed by atoms with Gasteiger partial charge in [-0.25, -0.2) is 4.79 Å². The monoisotopic (exact) mass is 230 g/mol. The molecule has 0 fully saturated rings. The van der Waals surface area contributed by atoms with Crippen molar-refractivity contribution in [2.75, 3.05) is 6.61 Å². The number of ether oxygens (including phenoxy) is 1. The van der Waals surface area contributed by atoms with Crippen molar-refractivity contribution in [3.8, 4) is 5.75 Å². The lowest BCUT2D eigenvalue weighted by Crippen LogP contribution is -2.41. The lowest BCUT2D eigenvalue weighted by Gasteiger charge is -2.18. The lowest BCUT2D eigenvalue weighted by atomic mass is 10.1. The molecule has 0 saturated carbocycles. The van der Waals surface area contributed by atoms with Crippen LogP contribution >= 0.6 is 11.6 Å². The maximum atomic E-state index is 10.6. The maximum Gasteiger partial charge on any atom is 0.339 e. The number of hydrogen-bond donors (Lipinski definition) is 2. The molecule has 0 aromatic heterocycles. The summed E-state index contributed by atoms with van der Waals surface area (Å²) in [4.78, 5) is 10.6. The summed E-state index contributed by atoms with van der Waals surface area (Å²) in [7, 11) is 0. The van der Waals surface area contributed by atoms with Crippen LogP contribution in [0.3, 0.4) is 0 Å². The number of rotatable bonds is 4. The van der Waals surface area contributed by atoms with Gasteiger partial charge in [0, 0.05) is 0 Å². The van der Waals surface area contributed by atoms with Crippen LogP contribution in [0.25, 0.3) is 0 Å². The van der Waals surface area contributed by atoms with Crippen LogP contribution < -0.4 is 4.74 Å². The second-order valence-electron chi connectivity index (χ2n) is 3.30. The molecule has 15 heavy (non-hydrogen) atoms. The fraction of sp³-hybridized carbons (Fsp3) is 0.300. The number of carboxylic acids is 1. The van der Waals surface area contributed by atoms with E-state index < -0.39 is 11.6 Å². The predicted octanol–water partition coefficient (Wildman–Crippen LogP) is 1.55. The molecule has 0 aliphatic rings. The van der Waals surface area contributed by atoms with E-state index >= 15 is 0 Å². The molecule has 1 unspecified atom stereocenters. The molecule has 1 aromatic rings. The summed E-state index contributed by atoms with van der Waals surface area (Å²) in [5.74, 6) is -0.991. The second-order valence-corrected chi connectivity index (χ2v) is 3.71. The van der Waals surface area contributed by atoms with Gasteiger partial charge in [0.1, 0.15) is 12.4 Å². The molecule has 0 bridgehead atoms. The third-order valence-electron chi connectivity index (χ3n) is 1.81. The first-order chi connectivity index (χ1) is 6.93. The highest BCUT2D eigenvalue weighted by atomic mass is 35.5. The van der Waals surface area contributed by atoms with E-state index in [0.29, 0.717) is 10.8 Å². The Kier molecular flexibility index (Phi) is 3.55. The molecule has 82 valence electrons.